The third kappa shape index (κ3) is 4.28. The van der Waals surface area contributed by atoms with E-state index < -0.39 is 0 Å². The highest BCUT2D eigenvalue weighted by molar-refractivity contribution is 5.89. The van der Waals surface area contributed by atoms with E-state index in [2.05, 4.69) is 10.6 Å². The molecule has 1 aromatic heterocycles. The summed E-state index contributed by atoms with van der Waals surface area (Å²) < 4.78 is 7.01. The first-order valence-electron chi connectivity index (χ1n) is 8.47. The van der Waals surface area contributed by atoms with Gasteiger partial charge in [0.1, 0.15) is 5.69 Å². The number of aryl methyl sites for hydroxylation is 1. The Hall–Kier alpha value is -2.60. The first-order valence-corrected chi connectivity index (χ1v) is 8.47. The topological polar surface area (TPSA) is 72.4 Å². The van der Waals surface area contributed by atoms with Gasteiger partial charge in [-0.05, 0) is 38.0 Å². The smallest absolute Gasteiger partial charge is 0.319 e. The molecule has 1 aromatic carbocycles. The molecule has 6 nitrogen and oxygen atoms in total. The molecule has 0 saturated carbocycles. The highest BCUT2D eigenvalue weighted by atomic mass is 16.5. The quantitative estimate of drug-likeness (QED) is 0.897. The fraction of sp³-hybridized carbons (Fsp3) is 0.368. The number of anilines is 1. The van der Waals surface area contributed by atoms with E-state index in [-0.39, 0.29) is 29.4 Å². The Bertz CT molecular complexity index is 798. The normalized spacial score (nSPS) is 19.6. The summed E-state index contributed by atoms with van der Waals surface area (Å²) in [6.07, 6.45) is 2.49. The van der Waals surface area contributed by atoms with Crippen molar-refractivity contribution in [2.45, 2.75) is 39.0 Å². The number of carbonyl (C=O) groups excluding carboxylic acids is 1. The second-order valence-electron chi connectivity index (χ2n) is 6.41. The maximum atomic E-state index is 12.6. The van der Waals surface area contributed by atoms with Gasteiger partial charge in [0.05, 0.1) is 18.7 Å². The summed E-state index contributed by atoms with van der Waals surface area (Å²) in [5.74, 6) is 0. The van der Waals surface area contributed by atoms with Crippen LogP contribution in [0.3, 0.4) is 0 Å². The predicted molar refractivity (Wildman–Crippen MR) is 97.0 cm³/mol. The van der Waals surface area contributed by atoms with E-state index in [4.69, 9.17) is 4.74 Å². The van der Waals surface area contributed by atoms with Crippen LogP contribution in [0.15, 0.2) is 47.4 Å². The average Bonchev–Trinajstić information content (AvgIpc) is 2.98. The number of urea groups is 1. The minimum absolute atomic E-state index is 0.0141. The number of ether oxygens (including phenoxy) is 1. The lowest BCUT2D eigenvalue weighted by Crippen LogP contribution is -2.42. The molecule has 2 amide bonds. The fourth-order valence-corrected chi connectivity index (χ4v) is 2.89. The van der Waals surface area contributed by atoms with Gasteiger partial charge >= 0.3 is 6.03 Å². The molecule has 0 radical (unpaired) electrons. The summed E-state index contributed by atoms with van der Waals surface area (Å²) in [4.78, 5) is 24.7. The molecule has 132 valence electrons. The van der Waals surface area contributed by atoms with E-state index >= 15 is 0 Å². The van der Waals surface area contributed by atoms with Crippen molar-refractivity contribution in [2.24, 2.45) is 0 Å². The Morgan fingerprint density at radius 3 is 2.72 bits per heavy atom. The number of carbonyl (C=O) groups is 1. The predicted octanol–water partition coefficient (Wildman–Crippen LogP) is 2.50. The molecule has 1 fully saturated rings. The van der Waals surface area contributed by atoms with Crippen molar-refractivity contribution in [3.63, 3.8) is 0 Å². The van der Waals surface area contributed by atoms with Crippen LogP contribution in [0.2, 0.25) is 0 Å². The SMILES string of the molecule is Cc1ccc(Cn2cccc(NC(=O)N[C@H]3CCO[C@H]3C)c2=O)cc1. The highest BCUT2D eigenvalue weighted by Gasteiger charge is 2.25. The maximum absolute atomic E-state index is 12.6. The third-order valence-corrected chi connectivity index (χ3v) is 4.43. The van der Waals surface area contributed by atoms with E-state index in [1.54, 1.807) is 22.9 Å². The first kappa shape index (κ1) is 17.2. The van der Waals surface area contributed by atoms with Crippen LogP contribution in [0.1, 0.15) is 24.5 Å². The standard InChI is InChI=1S/C19H23N3O3/c1-13-5-7-15(8-6-13)12-22-10-3-4-17(18(22)23)21-19(24)20-16-9-11-25-14(16)2/h3-8,10,14,16H,9,11-12H2,1-2H3,(H2,20,21,24)/t14-,16-/m0/s1. The van der Waals surface area contributed by atoms with Gasteiger partial charge in [0.2, 0.25) is 0 Å². The van der Waals surface area contributed by atoms with Crippen molar-refractivity contribution in [2.75, 3.05) is 11.9 Å². The molecule has 0 unspecified atom stereocenters. The van der Waals surface area contributed by atoms with Crippen LogP contribution >= 0.6 is 0 Å². The minimum atomic E-state index is -0.382. The van der Waals surface area contributed by atoms with Crippen molar-refractivity contribution in [3.8, 4) is 0 Å². The molecule has 0 bridgehead atoms. The number of rotatable bonds is 4. The molecular weight excluding hydrogens is 318 g/mol. The molecule has 25 heavy (non-hydrogen) atoms. The molecule has 2 heterocycles. The Morgan fingerprint density at radius 1 is 1.28 bits per heavy atom. The maximum Gasteiger partial charge on any atom is 0.319 e. The second-order valence-corrected chi connectivity index (χ2v) is 6.41. The minimum Gasteiger partial charge on any atom is -0.376 e. The molecule has 2 N–H and O–H groups in total. The van der Waals surface area contributed by atoms with Crippen LogP contribution in [0.25, 0.3) is 0 Å². The molecule has 6 heteroatoms. The number of benzene rings is 1. The van der Waals surface area contributed by atoms with Gasteiger partial charge in [-0.15, -0.1) is 0 Å². The van der Waals surface area contributed by atoms with E-state index in [0.717, 1.165) is 12.0 Å². The summed E-state index contributed by atoms with van der Waals surface area (Å²) >= 11 is 0. The molecule has 1 aliphatic rings. The number of pyridine rings is 1. The molecule has 2 atom stereocenters. The van der Waals surface area contributed by atoms with Crippen LogP contribution in [0, 0.1) is 6.92 Å². The third-order valence-electron chi connectivity index (χ3n) is 4.43. The van der Waals surface area contributed by atoms with E-state index in [1.807, 2.05) is 38.1 Å². The molecule has 0 spiro atoms. The van der Waals surface area contributed by atoms with Crippen LogP contribution in [0.5, 0.6) is 0 Å². The summed E-state index contributed by atoms with van der Waals surface area (Å²) in [5, 5.41) is 5.51. The first-order chi connectivity index (χ1) is 12.0. The Morgan fingerprint density at radius 2 is 2.04 bits per heavy atom. The lowest BCUT2D eigenvalue weighted by atomic mass is 10.1. The lowest BCUT2D eigenvalue weighted by Gasteiger charge is -2.16. The van der Waals surface area contributed by atoms with Gasteiger partial charge < -0.3 is 19.9 Å². The van der Waals surface area contributed by atoms with E-state index in [0.29, 0.717) is 13.2 Å². The molecule has 1 aliphatic heterocycles. The number of amides is 2. The number of nitrogens with one attached hydrogen (secondary N) is 2. The van der Waals surface area contributed by atoms with Gasteiger partial charge in [0.15, 0.2) is 0 Å². The zero-order chi connectivity index (χ0) is 17.8. The van der Waals surface area contributed by atoms with Crippen molar-refractivity contribution >= 4 is 11.7 Å². The van der Waals surface area contributed by atoms with Gasteiger partial charge in [-0.1, -0.05) is 29.8 Å². The molecule has 2 aromatic rings. The van der Waals surface area contributed by atoms with Gasteiger partial charge in [0, 0.05) is 12.8 Å². The molecular formula is C19H23N3O3. The highest BCUT2D eigenvalue weighted by Crippen LogP contribution is 2.12. The number of nitrogens with zero attached hydrogens (tertiary/aromatic N) is 1. The van der Waals surface area contributed by atoms with Gasteiger partial charge in [0.25, 0.3) is 5.56 Å². The van der Waals surface area contributed by atoms with E-state index in [9.17, 15) is 9.59 Å². The number of hydrogen-bond acceptors (Lipinski definition) is 3. The monoisotopic (exact) mass is 341 g/mol. The summed E-state index contributed by atoms with van der Waals surface area (Å²) in [7, 11) is 0. The summed E-state index contributed by atoms with van der Waals surface area (Å²) in [5.41, 5.74) is 2.24. The number of aromatic nitrogens is 1. The van der Waals surface area contributed by atoms with Crippen molar-refractivity contribution < 1.29 is 9.53 Å². The molecule has 1 saturated heterocycles. The lowest BCUT2D eigenvalue weighted by molar-refractivity contribution is 0.114. The van der Waals surface area contributed by atoms with Crippen LogP contribution in [0.4, 0.5) is 10.5 Å². The average molecular weight is 341 g/mol. The zero-order valence-electron chi connectivity index (χ0n) is 14.5. The Labute approximate surface area is 146 Å². The van der Waals surface area contributed by atoms with Crippen molar-refractivity contribution in [1.29, 1.82) is 0 Å². The van der Waals surface area contributed by atoms with E-state index in [1.165, 1.54) is 5.56 Å². The van der Waals surface area contributed by atoms with Crippen LogP contribution < -0.4 is 16.2 Å². The van der Waals surface area contributed by atoms with Gasteiger partial charge in [-0.25, -0.2) is 4.79 Å². The second kappa shape index (κ2) is 7.53. The molecule has 3 rings (SSSR count). The summed E-state index contributed by atoms with van der Waals surface area (Å²) in [6, 6.07) is 11.0. The van der Waals surface area contributed by atoms with Crippen LogP contribution in [-0.4, -0.2) is 29.4 Å². The van der Waals surface area contributed by atoms with Crippen molar-refractivity contribution in [3.05, 3.63) is 64.1 Å². The van der Waals surface area contributed by atoms with Crippen molar-refractivity contribution in [1.82, 2.24) is 9.88 Å². The largest absolute Gasteiger partial charge is 0.376 e. The fourth-order valence-electron chi connectivity index (χ4n) is 2.89. The van der Waals surface area contributed by atoms with Gasteiger partial charge in [-0.3, -0.25) is 4.79 Å². The Balaban J connectivity index is 1.69. The van der Waals surface area contributed by atoms with Crippen LogP contribution in [-0.2, 0) is 11.3 Å². The summed E-state index contributed by atoms with van der Waals surface area (Å²) in [6.45, 7) is 5.05. The zero-order valence-corrected chi connectivity index (χ0v) is 14.5. The van der Waals surface area contributed by atoms with Gasteiger partial charge in [-0.2, -0.15) is 0 Å². The Kier molecular flexibility index (Phi) is 5.19. The molecule has 0 aliphatic carbocycles. The number of hydrogen-bond donors (Lipinski definition) is 2.